The molecule has 0 aliphatic carbocycles. The molecule has 0 radical (unpaired) electrons. The van der Waals surface area contributed by atoms with Gasteiger partial charge in [-0.25, -0.2) is 0 Å². The van der Waals surface area contributed by atoms with Crippen LogP contribution < -0.4 is 0 Å². The van der Waals surface area contributed by atoms with Crippen LogP contribution in [0.2, 0.25) is 0 Å². The summed E-state index contributed by atoms with van der Waals surface area (Å²) in [5.74, 6) is 0.0602. The van der Waals surface area contributed by atoms with E-state index in [1.165, 1.54) is 89.5 Å². The number of rotatable bonds is 15. The van der Waals surface area contributed by atoms with Crippen molar-refractivity contribution in [3.8, 4) is 11.5 Å². The van der Waals surface area contributed by atoms with Crippen LogP contribution >= 0.6 is 0 Å². The molecule has 0 saturated carbocycles. The normalized spacial score (nSPS) is 11.0. The van der Waals surface area contributed by atoms with Crippen molar-refractivity contribution in [3.63, 3.8) is 0 Å². The highest BCUT2D eigenvalue weighted by molar-refractivity contribution is 5.44. The molecule has 2 heteroatoms. The molecule has 0 saturated heterocycles. The molecular weight excluding hydrogens is 296 g/mol. The van der Waals surface area contributed by atoms with Crippen LogP contribution in [-0.4, -0.2) is 10.2 Å². The first kappa shape index (κ1) is 20.9. The number of aromatic hydroxyl groups is 2. The number of unbranched alkanes of at least 4 members (excludes halogenated alkanes) is 13. The van der Waals surface area contributed by atoms with Crippen LogP contribution in [0.3, 0.4) is 0 Å². The Morgan fingerprint density at radius 1 is 0.625 bits per heavy atom. The van der Waals surface area contributed by atoms with E-state index >= 15 is 0 Å². The first-order valence-corrected chi connectivity index (χ1v) is 10.3. The number of phenolic OH excluding ortho intramolecular Hbond substituents is 2. The summed E-state index contributed by atoms with van der Waals surface area (Å²) in [6.07, 6.45) is 19.8. The Labute approximate surface area is 149 Å². The molecule has 0 aromatic heterocycles. The van der Waals surface area contributed by atoms with Crippen LogP contribution in [0.4, 0.5) is 0 Å². The second kappa shape index (κ2) is 14.2. The predicted octanol–water partition coefficient (Wildman–Crippen LogP) is 7.12. The van der Waals surface area contributed by atoms with E-state index in [0.29, 0.717) is 0 Å². The number of phenols is 2. The summed E-state index contributed by atoms with van der Waals surface area (Å²) in [5, 5.41) is 19.2. The zero-order valence-electron chi connectivity index (χ0n) is 15.7. The Kier molecular flexibility index (Phi) is 12.3. The molecule has 0 bridgehead atoms. The number of hydrogen-bond acceptors (Lipinski definition) is 2. The minimum atomic E-state index is -0.00198. The summed E-state index contributed by atoms with van der Waals surface area (Å²) in [6.45, 7) is 2.27. The number of hydrogen-bond donors (Lipinski definition) is 2. The predicted molar refractivity (Wildman–Crippen MR) is 104 cm³/mol. The maximum atomic E-state index is 9.75. The van der Waals surface area contributed by atoms with E-state index in [9.17, 15) is 10.2 Å². The zero-order valence-corrected chi connectivity index (χ0v) is 15.7. The number of benzene rings is 1. The molecule has 0 fully saturated rings. The van der Waals surface area contributed by atoms with Gasteiger partial charge >= 0.3 is 0 Å². The molecular formula is C22H38O2. The summed E-state index contributed by atoms with van der Waals surface area (Å²) < 4.78 is 0. The lowest BCUT2D eigenvalue weighted by atomic mass is 10.0. The fourth-order valence-corrected chi connectivity index (χ4v) is 3.29. The number of aryl methyl sites for hydroxylation is 1. The van der Waals surface area contributed by atoms with Gasteiger partial charge in [0.1, 0.15) is 0 Å². The molecule has 1 aromatic rings. The summed E-state index contributed by atoms with van der Waals surface area (Å²) in [6, 6.07) is 5.23. The molecule has 0 spiro atoms. The molecule has 24 heavy (non-hydrogen) atoms. The van der Waals surface area contributed by atoms with Crippen molar-refractivity contribution >= 4 is 0 Å². The molecule has 0 atom stereocenters. The maximum Gasteiger partial charge on any atom is 0.160 e. The van der Waals surface area contributed by atoms with Crippen LogP contribution in [0.5, 0.6) is 11.5 Å². The lowest BCUT2D eigenvalue weighted by Crippen LogP contribution is -1.88. The molecule has 2 nitrogen and oxygen atoms in total. The topological polar surface area (TPSA) is 40.5 Å². The third-order valence-corrected chi connectivity index (χ3v) is 4.90. The van der Waals surface area contributed by atoms with Gasteiger partial charge in [0, 0.05) is 0 Å². The Balaban J connectivity index is 1.85. The second-order valence-corrected chi connectivity index (χ2v) is 7.13. The van der Waals surface area contributed by atoms with Crippen molar-refractivity contribution < 1.29 is 10.2 Å². The van der Waals surface area contributed by atoms with Crippen molar-refractivity contribution in [1.82, 2.24) is 0 Å². The van der Waals surface area contributed by atoms with Gasteiger partial charge in [-0.05, 0) is 24.5 Å². The van der Waals surface area contributed by atoms with Gasteiger partial charge in [-0.15, -0.1) is 0 Å². The average molecular weight is 335 g/mol. The Morgan fingerprint density at radius 2 is 1.08 bits per heavy atom. The van der Waals surface area contributed by atoms with E-state index in [1.807, 2.05) is 6.07 Å². The minimum absolute atomic E-state index is 0.00198. The largest absolute Gasteiger partial charge is 0.504 e. The first-order chi connectivity index (χ1) is 11.8. The molecule has 2 N–H and O–H groups in total. The fourth-order valence-electron chi connectivity index (χ4n) is 3.29. The summed E-state index contributed by atoms with van der Waals surface area (Å²) >= 11 is 0. The number of para-hydroxylation sites is 1. The Morgan fingerprint density at radius 3 is 1.58 bits per heavy atom. The monoisotopic (exact) mass is 334 g/mol. The smallest absolute Gasteiger partial charge is 0.160 e. The zero-order chi connectivity index (χ0) is 17.5. The average Bonchev–Trinajstić information content (AvgIpc) is 2.58. The highest BCUT2D eigenvalue weighted by atomic mass is 16.3. The van der Waals surface area contributed by atoms with Crippen molar-refractivity contribution in [3.05, 3.63) is 23.8 Å². The van der Waals surface area contributed by atoms with E-state index < -0.39 is 0 Å². The van der Waals surface area contributed by atoms with Crippen LogP contribution in [0.25, 0.3) is 0 Å². The van der Waals surface area contributed by atoms with Crippen molar-refractivity contribution in [2.75, 3.05) is 0 Å². The van der Waals surface area contributed by atoms with Crippen LogP contribution in [0.15, 0.2) is 18.2 Å². The van der Waals surface area contributed by atoms with Gasteiger partial charge < -0.3 is 10.2 Å². The summed E-state index contributed by atoms with van der Waals surface area (Å²) in [4.78, 5) is 0. The third kappa shape index (κ3) is 9.85. The quantitative estimate of drug-likeness (QED) is 0.265. The van der Waals surface area contributed by atoms with Gasteiger partial charge in [0.05, 0.1) is 0 Å². The van der Waals surface area contributed by atoms with Crippen molar-refractivity contribution in [2.45, 2.75) is 103 Å². The van der Waals surface area contributed by atoms with Crippen LogP contribution in [0.1, 0.15) is 102 Å². The summed E-state index contributed by atoms with van der Waals surface area (Å²) in [5.41, 5.74) is 0.869. The third-order valence-electron chi connectivity index (χ3n) is 4.90. The molecule has 138 valence electrons. The molecule has 1 aromatic carbocycles. The first-order valence-electron chi connectivity index (χ1n) is 10.3. The van der Waals surface area contributed by atoms with Crippen LogP contribution in [0, 0.1) is 0 Å². The van der Waals surface area contributed by atoms with Gasteiger partial charge in [-0.3, -0.25) is 0 Å². The lowest BCUT2D eigenvalue weighted by molar-refractivity contribution is 0.398. The van der Waals surface area contributed by atoms with Gasteiger partial charge in [-0.2, -0.15) is 0 Å². The van der Waals surface area contributed by atoms with E-state index in [2.05, 4.69) is 6.92 Å². The Hall–Kier alpha value is -1.18. The standard InChI is InChI=1S/C22H38O2/c1-2-3-4-5-6-7-8-9-10-11-12-13-14-15-17-20-18-16-19-21(23)22(20)24/h16,18-19,23-24H,2-15,17H2,1H3. The molecule has 0 heterocycles. The summed E-state index contributed by atoms with van der Waals surface area (Å²) in [7, 11) is 0. The van der Waals surface area contributed by atoms with E-state index in [0.717, 1.165) is 18.4 Å². The second-order valence-electron chi connectivity index (χ2n) is 7.13. The Bertz CT molecular complexity index is 414. The van der Waals surface area contributed by atoms with Crippen molar-refractivity contribution in [1.29, 1.82) is 0 Å². The molecule has 0 amide bonds. The van der Waals surface area contributed by atoms with E-state index in [-0.39, 0.29) is 11.5 Å². The van der Waals surface area contributed by atoms with Gasteiger partial charge in [0.15, 0.2) is 11.5 Å². The van der Waals surface area contributed by atoms with Gasteiger partial charge in [0.2, 0.25) is 0 Å². The molecule has 0 aliphatic rings. The highest BCUT2D eigenvalue weighted by Gasteiger charge is 2.04. The van der Waals surface area contributed by atoms with Gasteiger partial charge in [0.25, 0.3) is 0 Å². The highest BCUT2D eigenvalue weighted by Crippen LogP contribution is 2.29. The van der Waals surface area contributed by atoms with Gasteiger partial charge in [-0.1, -0.05) is 103 Å². The lowest BCUT2D eigenvalue weighted by Gasteiger charge is -2.06. The van der Waals surface area contributed by atoms with Crippen molar-refractivity contribution in [2.24, 2.45) is 0 Å². The van der Waals surface area contributed by atoms with Crippen LogP contribution in [-0.2, 0) is 6.42 Å². The maximum absolute atomic E-state index is 9.75. The molecule has 0 aliphatic heterocycles. The minimum Gasteiger partial charge on any atom is -0.504 e. The van der Waals surface area contributed by atoms with E-state index in [4.69, 9.17) is 0 Å². The molecule has 0 unspecified atom stereocenters. The van der Waals surface area contributed by atoms with E-state index in [1.54, 1.807) is 6.07 Å². The SMILES string of the molecule is CCCCCCCCCCCCCCCCc1cccc(O)c1O. The fraction of sp³-hybridized carbons (Fsp3) is 0.727. The molecule has 1 rings (SSSR count).